The molecule has 1 saturated carbocycles. The number of carbonyl (C=O) groups excluding carboxylic acids is 1. The van der Waals surface area contributed by atoms with E-state index >= 15 is 0 Å². The third-order valence-electron chi connectivity index (χ3n) is 3.31. The largest absolute Gasteiger partial charge is 0.377 e. The summed E-state index contributed by atoms with van der Waals surface area (Å²) >= 11 is 0. The summed E-state index contributed by atoms with van der Waals surface area (Å²) < 4.78 is 5.82. The molecule has 1 amide bonds. The molecule has 4 nitrogen and oxygen atoms in total. The van der Waals surface area contributed by atoms with Gasteiger partial charge in [0.25, 0.3) is 0 Å². The summed E-state index contributed by atoms with van der Waals surface area (Å²) in [5, 5.41) is 0. The molecule has 2 unspecified atom stereocenters. The predicted molar refractivity (Wildman–Crippen MR) is 63.5 cm³/mol. The Bertz CT molecular complexity index is 241. The lowest BCUT2D eigenvalue weighted by molar-refractivity contribution is -0.134. The van der Waals surface area contributed by atoms with Crippen molar-refractivity contribution in [1.29, 1.82) is 0 Å². The van der Waals surface area contributed by atoms with E-state index in [1.54, 1.807) is 0 Å². The fraction of sp³-hybridized carbons (Fsp3) is 0.917. The molecule has 0 aliphatic heterocycles. The van der Waals surface area contributed by atoms with Gasteiger partial charge in [-0.3, -0.25) is 10.2 Å². The smallest absolute Gasteiger partial charge is 0.241 e. The molecule has 2 atom stereocenters. The van der Waals surface area contributed by atoms with E-state index in [0.29, 0.717) is 12.7 Å². The van der Waals surface area contributed by atoms with E-state index in [1.807, 2.05) is 13.8 Å². The fourth-order valence-electron chi connectivity index (χ4n) is 2.12. The van der Waals surface area contributed by atoms with E-state index < -0.39 is 5.41 Å². The Hall–Kier alpha value is -0.610. The highest BCUT2D eigenvalue weighted by Gasteiger charge is 2.29. The predicted octanol–water partition coefficient (Wildman–Crippen LogP) is 1.60. The number of nitrogens with two attached hydrogens (primary N) is 1. The molecule has 0 spiro atoms. The minimum Gasteiger partial charge on any atom is -0.377 e. The first-order valence-corrected chi connectivity index (χ1v) is 6.08. The van der Waals surface area contributed by atoms with Gasteiger partial charge in [-0.15, -0.1) is 0 Å². The van der Waals surface area contributed by atoms with Gasteiger partial charge in [-0.25, -0.2) is 5.84 Å². The average Bonchev–Trinajstić information content (AvgIpc) is 2.25. The second-order valence-electron chi connectivity index (χ2n) is 5.56. The van der Waals surface area contributed by atoms with Crippen molar-refractivity contribution in [2.24, 2.45) is 17.2 Å². The molecule has 0 aromatic carbocycles. The van der Waals surface area contributed by atoms with Crippen LogP contribution in [-0.4, -0.2) is 18.6 Å². The van der Waals surface area contributed by atoms with Crippen LogP contribution in [0.4, 0.5) is 0 Å². The number of hydrogen-bond acceptors (Lipinski definition) is 3. The van der Waals surface area contributed by atoms with Crippen LogP contribution in [0.3, 0.4) is 0 Å². The molecule has 1 aliphatic rings. The van der Waals surface area contributed by atoms with E-state index in [4.69, 9.17) is 10.6 Å². The molecule has 0 bridgehead atoms. The van der Waals surface area contributed by atoms with Crippen molar-refractivity contribution >= 4 is 5.91 Å². The van der Waals surface area contributed by atoms with Gasteiger partial charge in [0.2, 0.25) is 5.91 Å². The molecule has 1 rings (SSSR count). The standard InChI is InChI=1S/C12H24N2O2/c1-9-5-4-6-10(7-9)16-8-12(2,3)11(15)14-13/h9-10H,4-8,13H2,1-3H3,(H,14,15). The highest BCUT2D eigenvalue weighted by atomic mass is 16.5. The molecule has 3 N–H and O–H groups in total. The van der Waals surface area contributed by atoms with Crippen molar-refractivity contribution in [3.8, 4) is 0 Å². The van der Waals surface area contributed by atoms with Crippen LogP contribution >= 0.6 is 0 Å². The van der Waals surface area contributed by atoms with Gasteiger partial charge in [-0.2, -0.15) is 0 Å². The van der Waals surface area contributed by atoms with Crippen LogP contribution in [0.5, 0.6) is 0 Å². The molecule has 1 fully saturated rings. The fourth-order valence-corrected chi connectivity index (χ4v) is 2.12. The van der Waals surface area contributed by atoms with E-state index in [1.165, 1.54) is 12.8 Å². The minimum absolute atomic E-state index is 0.170. The first kappa shape index (κ1) is 13.5. The second kappa shape index (κ2) is 5.64. The van der Waals surface area contributed by atoms with E-state index in [2.05, 4.69) is 12.3 Å². The lowest BCUT2D eigenvalue weighted by Gasteiger charge is -2.30. The molecule has 4 heteroatoms. The van der Waals surface area contributed by atoms with Crippen LogP contribution in [0.25, 0.3) is 0 Å². The van der Waals surface area contributed by atoms with Crippen molar-refractivity contribution in [3.63, 3.8) is 0 Å². The molecule has 1 aliphatic carbocycles. The quantitative estimate of drug-likeness (QED) is 0.436. The maximum Gasteiger partial charge on any atom is 0.241 e. The zero-order valence-electron chi connectivity index (χ0n) is 10.6. The molecule has 0 saturated heterocycles. The first-order valence-electron chi connectivity index (χ1n) is 6.08. The van der Waals surface area contributed by atoms with Crippen LogP contribution in [0.1, 0.15) is 46.5 Å². The van der Waals surface area contributed by atoms with Gasteiger partial charge >= 0.3 is 0 Å². The Balaban J connectivity index is 2.35. The lowest BCUT2D eigenvalue weighted by Crippen LogP contribution is -2.44. The molecular weight excluding hydrogens is 204 g/mol. The third kappa shape index (κ3) is 3.76. The Morgan fingerprint density at radius 1 is 1.50 bits per heavy atom. The summed E-state index contributed by atoms with van der Waals surface area (Å²) in [5.41, 5.74) is 1.64. The molecule has 0 radical (unpaired) electrons. The normalized spacial score (nSPS) is 26.5. The van der Waals surface area contributed by atoms with Crippen LogP contribution < -0.4 is 11.3 Å². The summed E-state index contributed by atoms with van der Waals surface area (Å²) in [6, 6.07) is 0. The van der Waals surface area contributed by atoms with Crippen molar-refractivity contribution in [3.05, 3.63) is 0 Å². The average molecular weight is 228 g/mol. The van der Waals surface area contributed by atoms with Gasteiger partial charge in [-0.1, -0.05) is 19.8 Å². The summed E-state index contributed by atoms with van der Waals surface area (Å²) in [6.45, 7) is 6.39. The number of nitrogens with one attached hydrogen (secondary N) is 1. The SMILES string of the molecule is CC1CCCC(OCC(C)(C)C(=O)NN)C1. The van der Waals surface area contributed by atoms with Crippen LogP contribution in [0.15, 0.2) is 0 Å². The van der Waals surface area contributed by atoms with Crippen molar-refractivity contribution in [2.45, 2.75) is 52.6 Å². The van der Waals surface area contributed by atoms with Crippen LogP contribution in [0, 0.1) is 11.3 Å². The van der Waals surface area contributed by atoms with Gasteiger partial charge in [0.1, 0.15) is 0 Å². The summed E-state index contributed by atoms with van der Waals surface area (Å²) in [7, 11) is 0. The maximum absolute atomic E-state index is 11.5. The zero-order valence-corrected chi connectivity index (χ0v) is 10.6. The highest BCUT2D eigenvalue weighted by molar-refractivity contribution is 5.81. The minimum atomic E-state index is -0.546. The Labute approximate surface area is 97.9 Å². The van der Waals surface area contributed by atoms with Gasteiger partial charge in [0, 0.05) is 0 Å². The molecule has 94 valence electrons. The van der Waals surface area contributed by atoms with Crippen LogP contribution in [-0.2, 0) is 9.53 Å². The van der Waals surface area contributed by atoms with Crippen molar-refractivity contribution in [1.82, 2.24) is 5.43 Å². The second-order valence-corrected chi connectivity index (χ2v) is 5.56. The van der Waals surface area contributed by atoms with E-state index in [-0.39, 0.29) is 5.91 Å². The topological polar surface area (TPSA) is 64.3 Å². The first-order chi connectivity index (χ1) is 7.45. The van der Waals surface area contributed by atoms with E-state index in [0.717, 1.165) is 18.8 Å². The number of amides is 1. The number of hydrogen-bond donors (Lipinski definition) is 2. The lowest BCUT2D eigenvalue weighted by atomic mass is 9.88. The molecule has 16 heavy (non-hydrogen) atoms. The zero-order chi connectivity index (χ0) is 12.2. The van der Waals surface area contributed by atoms with Gasteiger partial charge in [-0.05, 0) is 32.6 Å². The summed E-state index contributed by atoms with van der Waals surface area (Å²) in [4.78, 5) is 11.5. The Morgan fingerprint density at radius 2 is 2.19 bits per heavy atom. The molecule has 0 aromatic heterocycles. The third-order valence-corrected chi connectivity index (χ3v) is 3.31. The number of ether oxygens (including phenoxy) is 1. The number of rotatable bonds is 4. The number of hydrazine groups is 1. The molecule has 0 heterocycles. The maximum atomic E-state index is 11.5. The van der Waals surface area contributed by atoms with Crippen molar-refractivity contribution in [2.75, 3.05) is 6.61 Å². The van der Waals surface area contributed by atoms with Crippen LogP contribution in [0.2, 0.25) is 0 Å². The molecular formula is C12H24N2O2. The monoisotopic (exact) mass is 228 g/mol. The van der Waals surface area contributed by atoms with E-state index in [9.17, 15) is 4.79 Å². The Kier molecular flexibility index (Phi) is 4.74. The van der Waals surface area contributed by atoms with Crippen molar-refractivity contribution < 1.29 is 9.53 Å². The van der Waals surface area contributed by atoms with Gasteiger partial charge in [0.15, 0.2) is 0 Å². The van der Waals surface area contributed by atoms with Gasteiger partial charge in [0.05, 0.1) is 18.1 Å². The summed E-state index contributed by atoms with van der Waals surface area (Å²) in [6.07, 6.45) is 5.07. The Morgan fingerprint density at radius 3 is 2.75 bits per heavy atom. The molecule has 0 aromatic rings. The van der Waals surface area contributed by atoms with Gasteiger partial charge < -0.3 is 4.74 Å². The summed E-state index contributed by atoms with van der Waals surface area (Å²) in [5.74, 6) is 5.70. The number of carbonyl (C=O) groups is 1. The highest BCUT2D eigenvalue weighted by Crippen LogP contribution is 2.27.